The maximum atomic E-state index is 11.9. The van der Waals surface area contributed by atoms with E-state index in [1.165, 1.54) is 0 Å². The Bertz CT molecular complexity index is 739. The standard InChI is InChI=1S/C18H21N3O2S/c1-11-9-15(11)17(23)19-8-7-16(22)21-14-5-3-13(4-6-14)18-20-12(2)10-24-18/h3-6,10-11,15H,7-9H2,1-2H3,(H,19,23)(H,21,22)/t11-,15-/m1/s1. The summed E-state index contributed by atoms with van der Waals surface area (Å²) in [6.45, 7) is 4.41. The lowest BCUT2D eigenvalue weighted by molar-refractivity contribution is -0.122. The van der Waals surface area contributed by atoms with Crippen LogP contribution >= 0.6 is 11.3 Å². The number of nitrogens with one attached hydrogen (secondary N) is 2. The van der Waals surface area contributed by atoms with Crippen molar-refractivity contribution >= 4 is 28.8 Å². The first kappa shape index (κ1) is 16.6. The van der Waals surface area contributed by atoms with Crippen LogP contribution in [0.1, 0.15) is 25.5 Å². The molecule has 6 heteroatoms. The number of amides is 2. The van der Waals surface area contributed by atoms with Crippen LogP contribution in [0, 0.1) is 18.8 Å². The van der Waals surface area contributed by atoms with Crippen molar-refractivity contribution in [3.8, 4) is 10.6 Å². The van der Waals surface area contributed by atoms with Crippen LogP contribution in [0.2, 0.25) is 0 Å². The number of carbonyl (C=O) groups is 2. The second kappa shape index (κ2) is 7.13. The van der Waals surface area contributed by atoms with E-state index in [0.717, 1.165) is 28.4 Å². The Morgan fingerprint density at radius 2 is 2.00 bits per heavy atom. The van der Waals surface area contributed by atoms with E-state index >= 15 is 0 Å². The second-order valence-corrected chi connectivity index (χ2v) is 7.14. The lowest BCUT2D eigenvalue weighted by Gasteiger charge is -2.07. The summed E-state index contributed by atoms with van der Waals surface area (Å²) in [6, 6.07) is 7.64. The number of nitrogens with zero attached hydrogens (tertiary/aromatic N) is 1. The number of rotatable bonds is 6. The number of benzene rings is 1. The van der Waals surface area contributed by atoms with Crippen LogP contribution in [0.5, 0.6) is 0 Å². The monoisotopic (exact) mass is 343 g/mol. The van der Waals surface area contributed by atoms with Gasteiger partial charge in [0.2, 0.25) is 11.8 Å². The average molecular weight is 343 g/mol. The summed E-state index contributed by atoms with van der Waals surface area (Å²) in [5.41, 5.74) is 2.80. The van der Waals surface area contributed by atoms with Gasteiger partial charge < -0.3 is 10.6 Å². The van der Waals surface area contributed by atoms with E-state index < -0.39 is 0 Å². The van der Waals surface area contributed by atoms with Crippen LogP contribution in [0.3, 0.4) is 0 Å². The summed E-state index contributed by atoms with van der Waals surface area (Å²) in [4.78, 5) is 28.1. The van der Waals surface area contributed by atoms with Crippen molar-refractivity contribution in [3.05, 3.63) is 35.3 Å². The van der Waals surface area contributed by atoms with Crippen molar-refractivity contribution < 1.29 is 9.59 Å². The predicted octanol–water partition coefficient (Wildman–Crippen LogP) is 3.22. The number of aryl methyl sites for hydroxylation is 1. The fraction of sp³-hybridized carbons (Fsp3) is 0.389. The van der Waals surface area contributed by atoms with Gasteiger partial charge in [-0.3, -0.25) is 9.59 Å². The quantitative estimate of drug-likeness (QED) is 0.846. The molecular formula is C18H21N3O2S. The zero-order valence-electron chi connectivity index (χ0n) is 13.8. The third-order valence-electron chi connectivity index (χ3n) is 4.13. The zero-order valence-corrected chi connectivity index (χ0v) is 14.7. The predicted molar refractivity (Wildman–Crippen MR) is 95.8 cm³/mol. The van der Waals surface area contributed by atoms with Gasteiger partial charge in [0.25, 0.3) is 0 Å². The van der Waals surface area contributed by atoms with Crippen LogP contribution in [0.15, 0.2) is 29.6 Å². The van der Waals surface area contributed by atoms with Gasteiger partial charge in [-0.2, -0.15) is 0 Å². The Morgan fingerprint density at radius 3 is 2.58 bits per heavy atom. The van der Waals surface area contributed by atoms with Crippen molar-refractivity contribution in [2.45, 2.75) is 26.7 Å². The summed E-state index contributed by atoms with van der Waals surface area (Å²) in [7, 11) is 0. The van der Waals surface area contributed by atoms with Crippen molar-refractivity contribution in [1.82, 2.24) is 10.3 Å². The van der Waals surface area contributed by atoms with Crippen molar-refractivity contribution in [3.63, 3.8) is 0 Å². The first-order valence-corrected chi connectivity index (χ1v) is 9.01. The molecule has 2 aromatic rings. The van der Waals surface area contributed by atoms with E-state index in [1.807, 2.05) is 36.6 Å². The minimum Gasteiger partial charge on any atom is -0.355 e. The van der Waals surface area contributed by atoms with Crippen LogP contribution < -0.4 is 10.6 Å². The number of hydrogen-bond donors (Lipinski definition) is 2. The second-order valence-electron chi connectivity index (χ2n) is 6.28. The number of hydrogen-bond acceptors (Lipinski definition) is 4. The fourth-order valence-electron chi connectivity index (χ4n) is 2.52. The molecule has 0 radical (unpaired) electrons. The Morgan fingerprint density at radius 1 is 1.29 bits per heavy atom. The van der Waals surface area contributed by atoms with Gasteiger partial charge in [-0.25, -0.2) is 4.98 Å². The van der Waals surface area contributed by atoms with Crippen molar-refractivity contribution in [1.29, 1.82) is 0 Å². The molecule has 0 bridgehead atoms. The smallest absolute Gasteiger partial charge is 0.226 e. The SMILES string of the molecule is Cc1csc(-c2ccc(NC(=O)CCNC(=O)[C@@H]3C[C@H]3C)cc2)n1. The molecule has 1 saturated carbocycles. The Kier molecular flexibility index (Phi) is 4.94. The van der Waals surface area contributed by atoms with Gasteiger partial charge in [0.1, 0.15) is 5.01 Å². The van der Waals surface area contributed by atoms with E-state index in [9.17, 15) is 9.59 Å². The van der Waals surface area contributed by atoms with E-state index in [1.54, 1.807) is 11.3 Å². The molecular weight excluding hydrogens is 322 g/mol. The van der Waals surface area contributed by atoms with Crippen LogP contribution in [0.25, 0.3) is 10.6 Å². The Labute approximate surface area is 145 Å². The molecule has 1 aromatic heterocycles. The van der Waals surface area contributed by atoms with Gasteiger partial charge in [-0.1, -0.05) is 6.92 Å². The highest BCUT2D eigenvalue weighted by Crippen LogP contribution is 2.37. The molecule has 126 valence electrons. The largest absolute Gasteiger partial charge is 0.355 e. The van der Waals surface area contributed by atoms with E-state index in [0.29, 0.717) is 12.5 Å². The summed E-state index contributed by atoms with van der Waals surface area (Å²) < 4.78 is 0. The highest BCUT2D eigenvalue weighted by atomic mass is 32.1. The third-order valence-corrected chi connectivity index (χ3v) is 5.14. The van der Waals surface area contributed by atoms with E-state index in [-0.39, 0.29) is 24.2 Å². The molecule has 0 unspecified atom stereocenters. The number of thiazole rings is 1. The van der Waals surface area contributed by atoms with E-state index in [2.05, 4.69) is 22.5 Å². The first-order valence-electron chi connectivity index (χ1n) is 8.13. The maximum Gasteiger partial charge on any atom is 0.226 e. The van der Waals surface area contributed by atoms with E-state index in [4.69, 9.17) is 0 Å². The first-order chi connectivity index (χ1) is 11.5. The molecule has 2 N–H and O–H groups in total. The van der Waals surface area contributed by atoms with Gasteiger partial charge in [0.15, 0.2) is 0 Å². The van der Waals surface area contributed by atoms with Crippen LogP contribution in [0.4, 0.5) is 5.69 Å². The number of anilines is 1. The lowest BCUT2D eigenvalue weighted by atomic mass is 10.2. The lowest BCUT2D eigenvalue weighted by Crippen LogP contribution is -2.29. The van der Waals surface area contributed by atoms with Gasteiger partial charge >= 0.3 is 0 Å². The maximum absolute atomic E-state index is 11.9. The minimum absolute atomic E-state index is 0.0680. The molecule has 2 amide bonds. The van der Waals surface area contributed by atoms with Gasteiger partial charge in [-0.15, -0.1) is 11.3 Å². The van der Waals surface area contributed by atoms with Crippen LogP contribution in [-0.2, 0) is 9.59 Å². The summed E-state index contributed by atoms with van der Waals surface area (Å²) >= 11 is 1.60. The molecule has 3 rings (SSSR count). The topological polar surface area (TPSA) is 71.1 Å². The van der Waals surface area contributed by atoms with Gasteiger partial charge in [0.05, 0.1) is 0 Å². The molecule has 1 heterocycles. The highest BCUT2D eigenvalue weighted by Gasteiger charge is 2.38. The number of aromatic nitrogens is 1. The van der Waals surface area contributed by atoms with Crippen molar-refractivity contribution in [2.75, 3.05) is 11.9 Å². The molecule has 5 nitrogen and oxygen atoms in total. The Balaban J connectivity index is 1.45. The molecule has 1 fully saturated rings. The van der Waals surface area contributed by atoms with Crippen molar-refractivity contribution in [2.24, 2.45) is 11.8 Å². The Hall–Kier alpha value is -2.21. The molecule has 1 aliphatic rings. The third kappa shape index (κ3) is 4.20. The zero-order chi connectivity index (χ0) is 17.1. The van der Waals surface area contributed by atoms with Crippen LogP contribution in [-0.4, -0.2) is 23.3 Å². The highest BCUT2D eigenvalue weighted by molar-refractivity contribution is 7.13. The van der Waals surface area contributed by atoms with Gasteiger partial charge in [-0.05, 0) is 43.5 Å². The molecule has 0 aliphatic heterocycles. The fourth-order valence-corrected chi connectivity index (χ4v) is 3.33. The molecule has 1 aliphatic carbocycles. The molecule has 0 saturated heterocycles. The molecule has 0 spiro atoms. The number of carbonyl (C=O) groups excluding carboxylic acids is 2. The summed E-state index contributed by atoms with van der Waals surface area (Å²) in [6.07, 6.45) is 1.24. The minimum atomic E-state index is -0.100. The summed E-state index contributed by atoms with van der Waals surface area (Å²) in [5, 5.41) is 8.65. The normalized spacial score (nSPS) is 18.9. The molecule has 2 atom stereocenters. The molecule has 24 heavy (non-hydrogen) atoms. The molecule has 1 aromatic carbocycles. The van der Waals surface area contributed by atoms with Gasteiger partial charge in [0, 0.05) is 41.2 Å². The summed E-state index contributed by atoms with van der Waals surface area (Å²) in [5.74, 6) is 0.601. The average Bonchev–Trinajstić information content (AvgIpc) is 3.13.